The number of rotatable bonds is 7. The summed E-state index contributed by atoms with van der Waals surface area (Å²) >= 11 is 6.24. The van der Waals surface area contributed by atoms with Crippen molar-refractivity contribution in [3.8, 4) is 5.75 Å². The summed E-state index contributed by atoms with van der Waals surface area (Å²) in [6.07, 6.45) is 1.94. The number of likely N-dealkylation sites (tertiary alicyclic amines) is 1. The molecule has 6 heteroatoms. The van der Waals surface area contributed by atoms with E-state index in [-0.39, 0.29) is 23.7 Å². The Morgan fingerprint density at radius 1 is 1.14 bits per heavy atom. The molecule has 0 saturated carbocycles. The molecule has 0 aromatic heterocycles. The third-order valence-electron chi connectivity index (χ3n) is 5.42. The lowest BCUT2D eigenvalue weighted by molar-refractivity contribution is -0.124. The lowest BCUT2D eigenvalue weighted by atomic mass is 9.87. The first-order valence-electron chi connectivity index (χ1n) is 10.0. The van der Waals surface area contributed by atoms with Crippen molar-refractivity contribution < 1.29 is 14.3 Å². The third-order valence-corrected chi connectivity index (χ3v) is 5.75. The fourth-order valence-corrected chi connectivity index (χ4v) is 4.06. The Bertz CT molecular complexity index is 871. The number of carbonyl (C=O) groups excluding carboxylic acids is 2. The van der Waals surface area contributed by atoms with Gasteiger partial charge in [0.25, 0.3) is 5.91 Å². The van der Waals surface area contributed by atoms with Crippen LogP contribution in [0.1, 0.15) is 41.6 Å². The normalized spacial score (nSPS) is 18.5. The minimum Gasteiger partial charge on any atom is -0.496 e. The Balaban J connectivity index is 1.88. The van der Waals surface area contributed by atoms with Crippen LogP contribution in [0.5, 0.6) is 5.75 Å². The molecule has 29 heavy (non-hydrogen) atoms. The summed E-state index contributed by atoms with van der Waals surface area (Å²) in [5.41, 5.74) is 1.40. The molecule has 0 radical (unpaired) electrons. The lowest BCUT2D eigenvalue weighted by Crippen LogP contribution is -2.36. The number of hydrogen-bond donors (Lipinski definition) is 1. The second kappa shape index (κ2) is 9.79. The predicted molar refractivity (Wildman–Crippen MR) is 114 cm³/mol. The van der Waals surface area contributed by atoms with E-state index in [1.165, 1.54) is 0 Å². The molecule has 1 saturated heterocycles. The molecule has 1 N–H and O–H groups in total. The number of unbranched alkanes of at least 4 members (excludes halogenated alkanes) is 1. The van der Waals surface area contributed by atoms with Crippen LogP contribution in [-0.2, 0) is 4.79 Å². The molecule has 2 unspecified atom stereocenters. The second-order valence-corrected chi connectivity index (χ2v) is 7.70. The van der Waals surface area contributed by atoms with Gasteiger partial charge >= 0.3 is 0 Å². The van der Waals surface area contributed by atoms with E-state index in [9.17, 15) is 9.59 Å². The highest BCUT2D eigenvalue weighted by atomic mass is 35.5. The van der Waals surface area contributed by atoms with E-state index in [0.29, 0.717) is 30.2 Å². The summed E-state index contributed by atoms with van der Waals surface area (Å²) in [5.74, 6) is 0.0767. The highest BCUT2D eigenvalue weighted by molar-refractivity contribution is 6.33. The van der Waals surface area contributed by atoms with E-state index >= 15 is 0 Å². The summed E-state index contributed by atoms with van der Waals surface area (Å²) < 4.78 is 5.53. The van der Waals surface area contributed by atoms with Gasteiger partial charge in [-0.05, 0) is 30.2 Å². The van der Waals surface area contributed by atoms with E-state index in [4.69, 9.17) is 16.3 Å². The van der Waals surface area contributed by atoms with Crippen LogP contribution in [0.3, 0.4) is 0 Å². The van der Waals surface area contributed by atoms with Crippen molar-refractivity contribution in [3.05, 3.63) is 64.7 Å². The fourth-order valence-electron chi connectivity index (χ4n) is 3.85. The van der Waals surface area contributed by atoms with Gasteiger partial charge in [0.1, 0.15) is 5.75 Å². The van der Waals surface area contributed by atoms with Crippen molar-refractivity contribution in [3.63, 3.8) is 0 Å². The minimum absolute atomic E-state index is 0.0242. The van der Waals surface area contributed by atoms with Crippen LogP contribution in [0.4, 0.5) is 0 Å². The molecule has 0 aliphatic carbocycles. The Labute approximate surface area is 177 Å². The molecule has 2 amide bonds. The van der Waals surface area contributed by atoms with Crippen molar-refractivity contribution in [1.82, 2.24) is 10.2 Å². The number of para-hydroxylation sites is 1. The van der Waals surface area contributed by atoms with Crippen LogP contribution >= 0.6 is 11.6 Å². The highest BCUT2D eigenvalue weighted by Gasteiger charge is 2.41. The van der Waals surface area contributed by atoms with Gasteiger partial charge in [0.2, 0.25) is 5.91 Å². The van der Waals surface area contributed by atoms with Gasteiger partial charge in [-0.2, -0.15) is 0 Å². The van der Waals surface area contributed by atoms with Gasteiger partial charge in [0, 0.05) is 25.6 Å². The number of benzene rings is 2. The van der Waals surface area contributed by atoms with Gasteiger partial charge < -0.3 is 15.0 Å². The summed E-state index contributed by atoms with van der Waals surface area (Å²) in [5, 5.41) is 3.45. The SMILES string of the molecule is CCCCNC(=O)C1CN(C(=O)c2ccccc2Cl)CC1c1ccccc1OC. The number of amides is 2. The van der Waals surface area contributed by atoms with E-state index < -0.39 is 0 Å². The zero-order valence-corrected chi connectivity index (χ0v) is 17.6. The standard InChI is InChI=1S/C23H27ClN2O3/c1-3-4-13-25-22(27)19-15-26(23(28)17-10-5-7-11-20(17)24)14-18(19)16-9-6-8-12-21(16)29-2/h5-12,18-19H,3-4,13-15H2,1-2H3,(H,25,27). The number of nitrogens with zero attached hydrogens (tertiary/aromatic N) is 1. The van der Waals surface area contributed by atoms with E-state index in [0.717, 1.165) is 24.2 Å². The second-order valence-electron chi connectivity index (χ2n) is 7.29. The van der Waals surface area contributed by atoms with Gasteiger partial charge in [-0.15, -0.1) is 0 Å². The van der Waals surface area contributed by atoms with Crippen molar-refractivity contribution in [2.45, 2.75) is 25.7 Å². The molecule has 5 nitrogen and oxygen atoms in total. The maximum absolute atomic E-state index is 13.1. The first-order chi connectivity index (χ1) is 14.1. The number of nitrogens with one attached hydrogen (secondary N) is 1. The van der Waals surface area contributed by atoms with Gasteiger partial charge in [-0.3, -0.25) is 9.59 Å². The smallest absolute Gasteiger partial charge is 0.255 e. The largest absolute Gasteiger partial charge is 0.496 e. The van der Waals surface area contributed by atoms with Crippen molar-refractivity contribution >= 4 is 23.4 Å². The maximum atomic E-state index is 13.1. The number of hydrogen-bond acceptors (Lipinski definition) is 3. The summed E-state index contributed by atoms with van der Waals surface area (Å²) in [6.45, 7) is 3.52. The average Bonchev–Trinajstić information content (AvgIpc) is 3.19. The van der Waals surface area contributed by atoms with Crippen LogP contribution in [0.15, 0.2) is 48.5 Å². The molecule has 1 heterocycles. The topological polar surface area (TPSA) is 58.6 Å². The van der Waals surface area contributed by atoms with Crippen molar-refractivity contribution in [2.75, 3.05) is 26.7 Å². The number of halogens is 1. The average molecular weight is 415 g/mol. The van der Waals surface area contributed by atoms with Gasteiger partial charge in [0.05, 0.1) is 23.6 Å². The molecule has 2 atom stereocenters. The predicted octanol–water partition coefficient (Wildman–Crippen LogP) is 4.12. The molecule has 0 spiro atoms. The van der Waals surface area contributed by atoms with Gasteiger partial charge in [-0.1, -0.05) is 55.3 Å². The zero-order valence-electron chi connectivity index (χ0n) is 16.9. The summed E-state index contributed by atoms with van der Waals surface area (Å²) in [7, 11) is 1.62. The minimum atomic E-state index is -0.338. The Hall–Kier alpha value is -2.53. The summed E-state index contributed by atoms with van der Waals surface area (Å²) in [4.78, 5) is 27.8. The van der Waals surface area contributed by atoms with Crippen molar-refractivity contribution in [2.24, 2.45) is 5.92 Å². The molecule has 3 rings (SSSR count). The molecule has 2 aromatic rings. The first kappa shape index (κ1) is 21.2. The number of methoxy groups -OCH3 is 1. The Kier molecular flexibility index (Phi) is 7.15. The van der Waals surface area contributed by atoms with Crippen LogP contribution < -0.4 is 10.1 Å². The van der Waals surface area contributed by atoms with E-state index in [2.05, 4.69) is 12.2 Å². The molecule has 154 valence electrons. The molecule has 0 bridgehead atoms. The van der Waals surface area contributed by atoms with Gasteiger partial charge in [-0.25, -0.2) is 0 Å². The van der Waals surface area contributed by atoms with Gasteiger partial charge in [0.15, 0.2) is 0 Å². The number of ether oxygens (including phenoxy) is 1. The van der Waals surface area contributed by atoms with E-state index in [1.807, 2.05) is 24.3 Å². The lowest BCUT2D eigenvalue weighted by Gasteiger charge is -2.20. The number of carbonyl (C=O) groups is 2. The van der Waals surface area contributed by atoms with Crippen LogP contribution in [-0.4, -0.2) is 43.5 Å². The Morgan fingerprint density at radius 3 is 2.59 bits per heavy atom. The molecule has 1 aliphatic heterocycles. The van der Waals surface area contributed by atoms with Crippen LogP contribution in [0.25, 0.3) is 0 Å². The molecular formula is C23H27ClN2O3. The highest BCUT2D eigenvalue weighted by Crippen LogP contribution is 2.38. The molecular weight excluding hydrogens is 388 g/mol. The fraction of sp³-hybridized carbons (Fsp3) is 0.391. The van der Waals surface area contributed by atoms with Crippen LogP contribution in [0.2, 0.25) is 5.02 Å². The maximum Gasteiger partial charge on any atom is 0.255 e. The molecule has 1 fully saturated rings. The van der Waals surface area contributed by atoms with Crippen LogP contribution in [0, 0.1) is 5.92 Å². The monoisotopic (exact) mass is 414 g/mol. The third kappa shape index (κ3) is 4.73. The first-order valence-corrected chi connectivity index (χ1v) is 10.4. The summed E-state index contributed by atoms with van der Waals surface area (Å²) in [6, 6.07) is 14.7. The molecule has 2 aromatic carbocycles. The van der Waals surface area contributed by atoms with Crippen molar-refractivity contribution in [1.29, 1.82) is 0 Å². The molecule has 1 aliphatic rings. The zero-order chi connectivity index (χ0) is 20.8. The quantitative estimate of drug-likeness (QED) is 0.693. The van der Waals surface area contributed by atoms with E-state index in [1.54, 1.807) is 36.3 Å². The Morgan fingerprint density at radius 2 is 1.86 bits per heavy atom.